The van der Waals surface area contributed by atoms with Crippen LogP contribution in [-0.4, -0.2) is 35.3 Å². The molecule has 1 unspecified atom stereocenters. The summed E-state index contributed by atoms with van der Waals surface area (Å²) in [5.41, 5.74) is 2.34. The van der Waals surface area contributed by atoms with Crippen LogP contribution >= 0.6 is 0 Å². The van der Waals surface area contributed by atoms with Crippen molar-refractivity contribution < 1.29 is 13.9 Å². The van der Waals surface area contributed by atoms with E-state index in [9.17, 15) is 9.18 Å². The number of nitrogens with one attached hydrogen (secondary N) is 1. The van der Waals surface area contributed by atoms with Gasteiger partial charge in [-0.3, -0.25) is 4.79 Å². The first-order valence-electron chi connectivity index (χ1n) is 10.5. The molecule has 0 saturated carbocycles. The van der Waals surface area contributed by atoms with Gasteiger partial charge in [0.25, 0.3) is 5.91 Å². The first-order chi connectivity index (χ1) is 15.1. The molecule has 31 heavy (non-hydrogen) atoms. The molecule has 1 atom stereocenters. The normalized spacial score (nSPS) is 14.7. The number of carbonyl (C=O) groups is 1. The number of benzene rings is 2. The van der Waals surface area contributed by atoms with Gasteiger partial charge in [0.15, 0.2) is 11.9 Å². The Kier molecular flexibility index (Phi) is 6.40. The molecule has 2 heterocycles. The third-order valence-corrected chi connectivity index (χ3v) is 5.26. The predicted molar refractivity (Wildman–Crippen MR) is 119 cm³/mol. The Morgan fingerprint density at radius 2 is 1.81 bits per heavy atom. The molecule has 2 aromatic carbocycles. The molecule has 0 bridgehead atoms. The number of piperidine rings is 1. The third kappa shape index (κ3) is 5.36. The molecule has 1 fully saturated rings. The smallest absolute Gasteiger partial charge is 0.265 e. The van der Waals surface area contributed by atoms with Gasteiger partial charge in [0.1, 0.15) is 11.6 Å². The van der Waals surface area contributed by atoms with Crippen molar-refractivity contribution in [2.45, 2.75) is 32.3 Å². The van der Waals surface area contributed by atoms with E-state index in [-0.39, 0.29) is 5.91 Å². The van der Waals surface area contributed by atoms with E-state index in [1.807, 2.05) is 36.4 Å². The maximum Gasteiger partial charge on any atom is 0.265 e. The van der Waals surface area contributed by atoms with Gasteiger partial charge in [-0.2, -0.15) is 0 Å². The van der Waals surface area contributed by atoms with Crippen molar-refractivity contribution in [3.05, 3.63) is 66.5 Å². The van der Waals surface area contributed by atoms with E-state index >= 15 is 0 Å². The SMILES string of the molecule is CC(Oc1cccc(F)c1)C(=O)Nc1ccc(-c2ccc(N3CCCCC3)nn2)cc1. The summed E-state index contributed by atoms with van der Waals surface area (Å²) in [7, 11) is 0. The van der Waals surface area contributed by atoms with Crippen LogP contribution in [0.2, 0.25) is 0 Å². The van der Waals surface area contributed by atoms with Crippen molar-refractivity contribution in [2.75, 3.05) is 23.3 Å². The lowest BCUT2D eigenvalue weighted by Gasteiger charge is -2.27. The van der Waals surface area contributed by atoms with Gasteiger partial charge in [0.2, 0.25) is 0 Å². The maximum atomic E-state index is 13.3. The van der Waals surface area contributed by atoms with Crippen molar-refractivity contribution in [1.82, 2.24) is 10.2 Å². The number of carbonyl (C=O) groups excluding carboxylic acids is 1. The first-order valence-corrected chi connectivity index (χ1v) is 10.5. The molecule has 1 aromatic heterocycles. The third-order valence-electron chi connectivity index (χ3n) is 5.26. The zero-order valence-corrected chi connectivity index (χ0v) is 17.4. The summed E-state index contributed by atoms with van der Waals surface area (Å²) in [5, 5.41) is 11.6. The summed E-state index contributed by atoms with van der Waals surface area (Å²) >= 11 is 0. The van der Waals surface area contributed by atoms with E-state index in [0.717, 1.165) is 30.2 Å². The Hall–Kier alpha value is -3.48. The average Bonchev–Trinajstić information content (AvgIpc) is 2.80. The Morgan fingerprint density at radius 1 is 1.03 bits per heavy atom. The Labute approximate surface area is 181 Å². The topological polar surface area (TPSA) is 67.3 Å². The van der Waals surface area contributed by atoms with E-state index in [0.29, 0.717) is 11.4 Å². The van der Waals surface area contributed by atoms with Gasteiger partial charge in [0, 0.05) is 30.4 Å². The van der Waals surface area contributed by atoms with Gasteiger partial charge in [-0.05, 0) is 62.6 Å². The van der Waals surface area contributed by atoms with Crippen LogP contribution in [0.5, 0.6) is 5.75 Å². The number of hydrogen-bond acceptors (Lipinski definition) is 5. The lowest BCUT2D eigenvalue weighted by Crippen LogP contribution is -2.30. The van der Waals surface area contributed by atoms with E-state index in [4.69, 9.17) is 4.74 Å². The summed E-state index contributed by atoms with van der Waals surface area (Å²) in [5.74, 6) is 0.500. The number of nitrogens with zero attached hydrogens (tertiary/aromatic N) is 3. The van der Waals surface area contributed by atoms with Crippen LogP contribution in [0.15, 0.2) is 60.7 Å². The van der Waals surface area contributed by atoms with Crippen LogP contribution in [-0.2, 0) is 4.79 Å². The molecule has 3 aromatic rings. The van der Waals surface area contributed by atoms with Gasteiger partial charge < -0.3 is 15.0 Å². The van der Waals surface area contributed by atoms with Crippen molar-refractivity contribution in [1.29, 1.82) is 0 Å². The average molecular weight is 420 g/mol. The molecule has 0 radical (unpaired) electrons. The van der Waals surface area contributed by atoms with Gasteiger partial charge in [-0.1, -0.05) is 18.2 Å². The van der Waals surface area contributed by atoms with Gasteiger partial charge in [-0.15, -0.1) is 10.2 Å². The van der Waals surface area contributed by atoms with Gasteiger partial charge >= 0.3 is 0 Å². The maximum absolute atomic E-state index is 13.3. The molecule has 1 aliphatic rings. The predicted octanol–water partition coefficient (Wildman–Crippen LogP) is 4.68. The van der Waals surface area contributed by atoms with Crippen molar-refractivity contribution in [3.63, 3.8) is 0 Å². The molecule has 4 rings (SSSR count). The van der Waals surface area contributed by atoms with E-state index in [1.165, 1.54) is 37.5 Å². The monoisotopic (exact) mass is 420 g/mol. The fourth-order valence-corrected chi connectivity index (χ4v) is 3.54. The van der Waals surface area contributed by atoms with Crippen molar-refractivity contribution in [3.8, 4) is 17.0 Å². The molecule has 1 aliphatic heterocycles. The second-order valence-electron chi connectivity index (χ2n) is 7.61. The minimum Gasteiger partial charge on any atom is -0.481 e. The van der Waals surface area contributed by atoms with E-state index in [2.05, 4.69) is 20.4 Å². The molecular weight excluding hydrogens is 395 g/mol. The number of amides is 1. The highest BCUT2D eigenvalue weighted by molar-refractivity contribution is 5.94. The molecule has 0 spiro atoms. The number of ether oxygens (including phenoxy) is 1. The second kappa shape index (κ2) is 9.55. The fourth-order valence-electron chi connectivity index (χ4n) is 3.54. The molecule has 0 aliphatic carbocycles. The first kappa shape index (κ1) is 20.8. The molecule has 1 saturated heterocycles. The summed E-state index contributed by atoms with van der Waals surface area (Å²) < 4.78 is 18.8. The van der Waals surface area contributed by atoms with E-state index < -0.39 is 11.9 Å². The highest BCUT2D eigenvalue weighted by Crippen LogP contribution is 2.22. The van der Waals surface area contributed by atoms with Crippen molar-refractivity contribution >= 4 is 17.4 Å². The fraction of sp³-hybridized carbons (Fsp3) is 0.292. The Balaban J connectivity index is 1.35. The summed E-state index contributed by atoms with van der Waals surface area (Å²) in [6, 6.07) is 17.1. The van der Waals surface area contributed by atoms with Crippen molar-refractivity contribution in [2.24, 2.45) is 0 Å². The lowest BCUT2D eigenvalue weighted by molar-refractivity contribution is -0.122. The minimum absolute atomic E-state index is 0.310. The lowest BCUT2D eigenvalue weighted by atomic mass is 10.1. The summed E-state index contributed by atoms with van der Waals surface area (Å²) in [6.45, 7) is 3.68. The molecule has 160 valence electrons. The van der Waals surface area contributed by atoms with Crippen LogP contribution < -0.4 is 15.0 Å². The number of rotatable bonds is 6. The van der Waals surface area contributed by atoms with Crippen LogP contribution in [0, 0.1) is 5.82 Å². The van der Waals surface area contributed by atoms with E-state index in [1.54, 1.807) is 13.0 Å². The van der Waals surface area contributed by atoms with Gasteiger partial charge in [-0.25, -0.2) is 4.39 Å². The van der Waals surface area contributed by atoms with Crippen LogP contribution in [0.25, 0.3) is 11.3 Å². The summed E-state index contributed by atoms with van der Waals surface area (Å²) in [4.78, 5) is 14.7. The number of halogens is 1. The quantitative estimate of drug-likeness (QED) is 0.627. The summed E-state index contributed by atoms with van der Waals surface area (Å²) in [6.07, 6.45) is 2.90. The zero-order valence-electron chi connectivity index (χ0n) is 17.4. The number of aromatic nitrogens is 2. The Bertz CT molecular complexity index is 1020. The highest BCUT2D eigenvalue weighted by atomic mass is 19.1. The van der Waals surface area contributed by atoms with Crippen LogP contribution in [0.3, 0.4) is 0 Å². The van der Waals surface area contributed by atoms with Gasteiger partial charge in [0.05, 0.1) is 5.69 Å². The molecule has 7 heteroatoms. The second-order valence-corrected chi connectivity index (χ2v) is 7.61. The Morgan fingerprint density at radius 3 is 2.48 bits per heavy atom. The van der Waals surface area contributed by atoms with Crippen LogP contribution in [0.4, 0.5) is 15.9 Å². The molecule has 1 amide bonds. The number of hydrogen-bond donors (Lipinski definition) is 1. The van der Waals surface area contributed by atoms with Crippen LogP contribution in [0.1, 0.15) is 26.2 Å². The molecule has 1 N–H and O–H groups in total. The number of anilines is 2. The standard InChI is InChI=1S/C24H25FN4O2/c1-17(31-21-7-5-6-19(25)16-21)24(30)26-20-10-8-18(9-11-20)22-12-13-23(28-27-22)29-14-3-2-4-15-29/h5-13,16-17H,2-4,14-15H2,1H3,(H,26,30). The molecule has 6 nitrogen and oxygen atoms in total. The zero-order chi connectivity index (χ0) is 21.6. The largest absolute Gasteiger partial charge is 0.481 e. The minimum atomic E-state index is -0.769. The molecular formula is C24H25FN4O2. The highest BCUT2D eigenvalue weighted by Gasteiger charge is 2.16.